The van der Waals surface area contributed by atoms with Crippen molar-refractivity contribution in [3.8, 4) is 44.7 Å². The average molecular weight is 523 g/mol. The minimum atomic E-state index is -1.21. The smallest absolute Gasteiger partial charge is 0.284 e. The van der Waals surface area contributed by atoms with E-state index in [-0.39, 0.29) is 16.8 Å². The number of rotatable bonds is 4. The summed E-state index contributed by atoms with van der Waals surface area (Å²) in [6.07, 6.45) is 6.06. The number of nitrogens with zero attached hydrogens (tertiary/aromatic N) is 3. The van der Waals surface area contributed by atoms with Crippen molar-refractivity contribution >= 4 is 21.4 Å². The van der Waals surface area contributed by atoms with Gasteiger partial charge in [-0.25, -0.2) is 0 Å². The highest BCUT2D eigenvalue weighted by molar-refractivity contribution is 8.35. The number of nitro benzene ring substituents is 1. The summed E-state index contributed by atoms with van der Waals surface area (Å²) >= 11 is 0. The summed E-state index contributed by atoms with van der Waals surface area (Å²) in [5.41, 5.74) is 5.36. The molecule has 0 fully saturated rings. The summed E-state index contributed by atoms with van der Waals surface area (Å²) in [5, 5.41) is 19.6. The third-order valence-electron chi connectivity index (χ3n) is 6.06. The normalized spacial score (nSPS) is 11.7. The van der Waals surface area contributed by atoms with Crippen LogP contribution in [0.4, 0.5) is 5.69 Å². The van der Waals surface area contributed by atoms with Gasteiger partial charge < -0.3 is 4.98 Å². The molecule has 3 aromatic carbocycles. The van der Waals surface area contributed by atoms with Crippen LogP contribution in [0, 0.1) is 28.2 Å². The molecule has 1 N–H and O–H groups in total. The molecule has 0 amide bonds. The van der Waals surface area contributed by atoms with Gasteiger partial charge in [-0.3, -0.25) is 14.9 Å². The van der Waals surface area contributed by atoms with Gasteiger partial charge in [0.05, 0.1) is 16.1 Å². The number of aromatic nitrogens is 3. The highest BCUT2D eigenvalue weighted by atomic mass is 32.3. The van der Waals surface area contributed by atoms with Crippen molar-refractivity contribution in [2.45, 2.75) is 6.92 Å². The molecule has 0 aliphatic carbocycles. The van der Waals surface area contributed by atoms with E-state index < -0.39 is 15.0 Å². The van der Waals surface area contributed by atoms with Crippen LogP contribution in [0.1, 0.15) is 11.3 Å². The van der Waals surface area contributed by atoms with Gasteiger partial charge in [-0.2, -0.15) is 19.6 Å². The van der Waals surface area contributed by atoms with Crippen LogP contribution in [0.2, 0.25) is 0 Å². The Labute approximate surface area is 221 Å². The Morgan fingerprint density at radius 2 is 1.53 bits per heavy atom. The van der Waals surface area contributed by atoms with Gasteiger partial charge in [0, 0.05) is 17.3 Å². The number of hydrogen-bond acceptors (Lipinski definition) is 4. The van der Waals surface area contributed by atoms with Crippen LogP contribution in [0.25, 0.3) is 39.2 Å². The topological polar surface area (TPSA) is 93.3 Å². The van der Waals surface area contributed by atoms with Crippen LogP contribution < -0.4 is 5.56 Å². The van der Waals surface area contributed by atoms with E-state index >= 15 is 0 Å². The van der Waals surface area contributed by atoms with Gasteiger partial charge in [0.1, 0.15) is 16.9 Å². The van der Waals surface area contributed by atoms with Gasteiger partial charge in [0.2, 0.25) is 0 Å². The standard InChI is InChI=1S/C30H26N4O3S/c1-20-26(24-15-16-25(34(36)37)23(19-24)17-18-38(2,3)4)30(35)33-29(31-20)27(21-11-7-5-8-12-21)28(32-33)22-13-9-6-10-14-22/h5-16,19,31H,1-4H3. The summed E-state index contributed by atoms with van der Waals surface area (Å²) in [4.78, 5) is 28.6. The van der Waals surface area contributed by atoms with Crippen LogP contribution in [-0.2, 0) is 0 Å². The lowest BCUT2D eigenvalue weighted by atomic mass is 10.0. The maximum Gasteiger partial charge on any atom is 0.284 e. The number of hydrogen-bond donors (Lipinski definition) is 1. The fourth-order valence-corrected chi connectivity index (χ4v) is 4.78. The van der Waals surface area contributed by atoms with Gasteiger partial charge in [-0.1, -0.05) is 60.7 Å². The number of aryl methyl sites for hydroxylation is 1. The lowest BCUT2D eigenvalue weighted by Crippen LogP contribution is -2.19. The van der Waals surface area contributed by atoms with E-state index in [0.717, 1.165) is 16.7 Å². The molecule has 38 heavy (non-hydrogen) atoms. The Balaban J connectivity index is 1.78. The molecule has 5 aromatic rings. The van der Waals surface area contributed by atoms with Gasteiger partial charge in [0.15, 0.2) is 0 Å². The van der Waals surface area contributed by atoms with Crippen LogP contribution in [0.5, 0.6) is 0 Å². The second kappa shape index (κ2) is 9.69. The zero-order chi connectivity index (χ0) is 27.0. The maximum atomic E-state index is 13.9. The lowest BCUT2D eigenvalue weighted by molar-refractivity contribution is -0.385. The van der Waals surface area contributed by atoms with Crippen molar-refractivity contribution in [3.63, 3.8) is 0 Å². The maximum absolute atomic E-state index is 13.9. The van der Waals surface area contributed by atoms with Gasteiger partial charge in [-0.15, -0.1) is 0 Å². The number of aromatic amines is 1. The fraction of sp³-hybridized carbons (Fsp3) is 0.133. The second-order valence-electron chi connectivity index (χ2n) is 9.70. The minimum Gasteiger partial charge on any atom is -0.343 e. The van der Waals surface area contributed by atoms with E-state index in [2.05, 4.69) is 16.2 Å². The zero-order valence-corrected chi connectivity index (χ0v) is 22.3. The number of nitro groups is 1. The molecule has 190 valence electrons. The average Bonchev–Trinajstić information content (AvgIpc) is 3.27. The molecule has 5 rings (SSSR count). The molecule has 0 unspecified atom stereocenters. The zero-order valence-electron chi connectivity index (χ0n) is 21.5. The third-order valence-corrected chi connectivity index (χ3v) is 6.77. The van der Waals surface area contributed by atoms with Gasteiger partial charge in [0.25, 0.3) is 11.2 Å². The molecule has 8 heteroatoms. The van der Waals surface area contributed by atoms with Crippen LogP contribution in [0.15, 0.2) is 83.7 Å². The van der Waals surface area contributed by atoms with Crippen LogP contribution in [-0.4, -0.2) is 38.3 Å². The molecular formula is C30H26N4O3S. The van der Waals surface area contributed by atoms with E-state index in [1.807, 2.05) is 86.4 Å². The summed E-state index contributed by atoms with van der Waals surface area (Å²) in [5.74, 6) is 2.99. The van der Waals surface area contributed by atoms with Gasteiger partial charge >= 0.3 is 0 Å². The van der Waals surface area contributed by atoms with Crippen molar-refractivity contribution in [1.82, 2.24) is 14.6 Å². The molecule has 0 bridgehead atoms. The van der Waals surface area contributed by atoms with E-state index in [9.17, 15) is 14.9 Å². The first kappa shape index (κ1) is 25.1. The fourth-order valence-electron chi connectivity index (χ4n) is 4.36. The molecule has 2 heterocycles. The molecule has 0 atom stereocenters. The number of H-pyrrole nitrogens is 1. The Morgan fingerprint density at radius 3 is 2.13 bits per heavy atom. The lowest BCUT2D eigenvalue weighted by Gasteiger charge is -2.15. The van der Waals surface area contributed by atoms with Gasteiger partial charge in [-0.05, 0) is 60.1 Å². The monoisotopic (exact) mass is 522 g/mol. The van der Waals surface area contributed by atoms with Crippen LogP contribution >= 0.6 is 10.0 Å². The Bertz CT molecular complexity index is 1810. The summed E-state index contributed by atoms with van der Waals surface area (Å²) in [6, 6.07) is 24.2. The Kier molecular flexibility index (Phi) is 6.39. The number of benzene rings is 3. The van der Waals surface area contributed by atoms with Crippen molar-refractivity contribution in [1.29, 1.82) is 0 Å². The number of nitrogens with one attached hydrogen (secondary N) is 1. The largest absolute Gasteiger partial charge is 0.343 e. The van der Waals surface area contributed by atoms with Crippen LogP contribution in [0.3, 0.4) is 0 Å². The number of fused-ring (bicyclic) bond motifs is 1. The minimum absolute atomic E-state index is 0.0862. The third kappa shape index (κ3) is 4.72. The Morgan fingerprint density at radius 1 is 0.895 bits per heavy atom. The first-order chi connectivity index (χ1) is 18.1. The SMILES string of the molecule is Cc1[nH]c2c(-c3ccccc3)c(-c3ccccc3)nn2c(=O)c1-c1ccc([N+](=O)[O-])c(C#CS(C)(C)C)c1. The predicted octanol–water partition coefficient (Wildman–Crippen LogP) is 6.24. The van der Waals surface area contributed by atoms with Crippen molar-refractivity contribution in [2.24, 2.45) is 0 Å². The first-order valence-corrected chi connectivity index (χ1v) is 14.8. The molecule has 0 aliphatic heterocycles. The molecule has 2 aromatic heterocycles. The quantitative estimate of drug-likeness (QED) is 0.172. The van der Waals surface area contributed by atoms with E-state index in [1.165, 1.54) is 10.6 Å². The molecule has 0 aliphatic rings. The summed E-state index contributed by atoms with van der Waals surface area (Å²) < 4.78 is 1.39. The molecular weight excluding hydrogens is 496 g/mol. The highest BCUT2D eigenvalue weighted by Crippen LogP contribution is 2.36. The van der Waals surface area contributed by atoms with E-state index in [0.29, 0.717) is 28.2 Å². The van der Waals surface area contributed by atoms with E-state index in [1.54, 1.807) is 12.1 Å². The van der Waals surface area contributed by atoms with Crippen molar-refractivity contribution in [2.75, 3.05) is 18.8 Å². The molecule has 0 saturated carbocycles. The molecule has 7 nitrogen and oxygen atoms in total. The predicted molar refractivity (Wildman–Crippen MR) is 156 cm³/mol. The Hall–Kier alpha value is -4.61. The molecule has 0 radical (unpaired) electrons. The summed E-state index contributed by atoms with van der Waals surface area (Å²) in [7, 11) is -1.21. The highest BCUT2D eigenvalue weighted by Gasteiger charge is 2.22. The molecule has 0 spiro atoms. The van der Waals surface area contributed by atoms with Crippen molar-refractivity contribution < 1.29 is 4.92 Å². The van der Waals surface area contributed by atoms with E-state index in [4.69, 9.17) is 5.10 Å². The van der Waals surface area contributed by atoms with Crippen molar-refractivity contribution in [3.05, 3.63) is 111 Å². The second-order valence-corrected chi connectivity index (χ2v) is 13.6. The first-order valence-electron chi connectivity index (χ1n) is 11.9. The molecule has 0 saturated heterocycles. The summed E-state index contributed by atoms with van der Waals surface area (Å²) in [6.45, 7) is 1.83.